The van der Waals surface area contributed by atoms with Gasteiger partial charge in [0.25, 0.3) is 5.89 Å². The van der Waals surface area contributed by atoms with Crippen LogP contribution in [0, 0.1) is 5.82 Å². The number of fused-ring (bicyclic) bond motifs is 1. The molecule has 0 bridgehead atoms. The molecule has 1 aromatic carbocycles. The second-order valence-electron chi connectivity index (χ2n) is 8.28. The normalized spacial score (nSPS) is 17.6. The van der Waals surface area contributed by atoms with E-state index in [0.29, 0.717) is 24.9 Å². The van der Waals surface area contributed by atoms with Crippen molar-refractivity contribution in [2.24, 2.45) is 0 Å². The van der Waals surface area contributed by atoms with Crippen molar-refractivity contribution in [3.63, 3.8) is 0 Å². The van der Waals surface area contributed by atoms with Gasteiger partial charge in [-0.2, -0.15) is 0 Å². The lowest BCUT2D eigenvalue weighted by atomic mass is 9.99. The van der Waals surface area contributed by atoms with Crippen molar-refractivity contribution in [2.75, 3.05) is 33.3 Å². The summed E-state index contributed by atoms with van der Waals surface area (Å²) in [5.41, 5.74) is 2.34. The van der Waals surface area contributed by atoms with E-state index in [-0.39, 0.29) is 5.82 Å². The highest BCUT2D eigenvalue weighted by molar-refractivity contribution is 7.15. The summed E-state index contributed by atoms with van der Waals surface area (Å²) in [5, 5.41) is 8.59. The third-order valence-corrected chi connectivity index (χ3v) is 7.36. The molecule has 1 fully saturated rings. The van der Waals surface area contributed by atoms with Gasteiger partial charge in [0.05, 0.1) is 18.5 Å². The average Bonchev–Trinajstić information content (AvgIpc) is 3.42. The van der Waals surface area contributed by atoms with Gasteiger partial charge in [-0.25, -0.2) is 4.39 Å². The molecule has 0 unspecified atom stereocenters. The topological polar surface area (TPSA) is 54.6 Å². The van der Waals surface area contributed by atoms with E-state index in [4.69, 9.17) is 9.15 Å². The molecule has 0 radical (unpaired) electrons. The SMILES string of the molecule is COc1ccc(F)cc1CN1CCN(Cc2nnc(-c3cc4c(s3)CCCC4)o2)CC1. The first kappa shape index (κ1) is 20.6. The van der Waals surface area contributed by atoms with Crippen molar-refractivity contribution < 1.29 is 13.5 Å². The molecule has 31 heavy (non-hydrogen) atoms. The summed E-state index contributed by atoms with van der Waals surface area (Å²) in [6.07, 6.45) is 4.89. The molecule has 3 aromatic rings. The Morgan fingerprint density at radius 1 is 1.03 bits per heavy atom. The number of rotatable bonds is 6. The number of methoxy groups -OCH3 is 1. The molecule has 0 N–H and O–H groups in total. The first-order chi connectivity index (χ1) is 15.2. The fourth-order valence-corrected chi connectivity index (χ4v) is 5.60. The van der Waals surface area contributed by atoms with E-state index in [1.54, 1.807) is 30.6 Å². The Bertz CT molecular complexity index is 1020. The highest BCUT2D eigenvalue weighted by Crippen LogP contribution is 2.35. The van der Waals surface area contributed by atoms with E-state index < -0.39 is 0 Å². The number of hydrogen-bond acceptors (Lipinski definition) is 7. The Morgan fingerprint density at radius 2 is 1.81 bits per heavy atom. The van der Waals surface area contributed by atoms with Crippen LogP contribution in [0.1, 0.15) is 34.7 Å². The van der Waals surface area contributed by atoms with Crippen LogP contribution in [0.15, 0.2) is 28.7 Å². The molecular formula is C23H27FN4O2S. The number of hydrogen-bond donors (Lipinski definition) is 0. The molecule has 1 saturated heterocycles. The third-order valence-electron chi connectivity index (χ3n) is 6.13. The Labute approximate surface area is 185 Å². The van der Waals surface area contributed by atoms with Gasteiger partial charge in [-0.3, -0.25) is 9.80 Å². The summed E-state index contributed by atoms with van der Waals surface area (Å²) in [7, 11) is 1.62. The zero-order valence-corrected chi connectivity index (χ0v) is 18.6. The maximum Gasteiger partial charge on any atom is 0.257 e. The van der Waals surface area contributed by atoms with Crippen LogP contribution in [-0.2, 0) is 25.9 Å². The molecule has 2 aliphatic rings. The van der Waals surface area contributed by atoms with Gasteiger partial charge in [0.15, 0.2) is 0 Å². The van der Waals surface area contributed by atoms with Crippen molar-refractivity contribution in [2.45, 2.75) is 38.8 Å². The van der Waals surface area contributed by atoms with Crippen LogP contribution in [0.2, 0.25) is 0 Å². The predicted octanol–water partition coefficient (Wildman–Crippen LogP) is 4.14. The van der Waals surface area contributed by atoms with Crippen molar-refractivity contribution in [1.29, 1.82) is 0 Å². The van der Waals surface area contributed by atoms with E-state index in [1.165, 1.54) is 42.2 Å². The monoisotopic (exact) mass is 442 g/mol. The molecule has 0 amide bonds. The van der Waals surface area contributed by atoms with Gasteiger partial charge in [-0.15, -0.1) is 21.5 Å². The van der Waals surface area contributed by atoms with Gasteiger partial charge in [-0.05, 0) is 55.5 Å². The number of aromatic nitrogens is 2. The molecule has 0 spiro atoms. The lowest BCUT2D eigenvalue weighted by molar-refractivity contribution is 0.114. The van der Waals surface area contributed by atoms with Gasteiger partial charge in [0.2, 0.25) is 5.89 Å². The van der Waals surface area contributed by atoms with Crippen LogP contribution < -0.4 is 4.74 Å². The van der Waals surface area contributed by atoms with Gasteiger partial charge < -0.3 is 9.15 Å². The van der Waals surface area contributed by atoms with Gasteiger partial charge in [0.1, 0.15) is 11.6 Å². The fraction of sp³-hybridized carbons (Fsp3) is 0.478. The largest absolute Gasteiger partial charge is 0.496 e. The minimum atomic E-state index is -0.228. The van der Waals surface area contributed by atoms with E-state index in [9.17, 15) is 4.39 Å². The Kier molecular flexibility index (Phi) is 6.02. The predicted molar refractivity (Wildman–Crippen MR) is 118 cm³/mol. The zero-order valence-electron chi connectivity index (χ0n) is 17.8. The van der Waals surface area contributed by atoms with E-state index in [0.717, 1.165) is 42.4 Å². The number of ether oxygens (including phenoxy) is 1. The van der Waals surface area contributed by atoms with Crippen molar-refractivity contribution in [3.8, 4) is 16.5 Å². The van der Waals surface area contributed by atoms with Gasteiger partial charge >= 0.3 is 0 Å². The first-order valence-electron chi connectivity index (χ1n) is 10.9. The minimum Gasteiger partial charge on any atom is -0.496 e. The summed E-state index contributed by atoms with van der Waals surface area (Å²) in [5.74, 6) is 1.82. The van der Waals surface area contributed by atoms with Crippen LogP contribution >= 0.6 is 11.3 Å². The highest BCUT2D eigenvalue weighted by atomic mass is 32.1. The number of benzene rings is 1. The maximum atomic E-state index is 13.6. The lowest BCUT2D eigenvalue weighted by Crippen LogP contribution is -2.45. The quantitative estimate of drug-likeness (QED) is 0.572. The molecule has 5 rings (SSSR count). The minimum absolute atomic E-state index is 0.228. The summed E-state index contributed by atoms with van der Waals surface area (Å²) in [4.78, 5) is 7.23. The van der Waals surface area contributed by atoms with Crippen molar-refractivity contribution in [1.82, 2.24) is 20.0 Å². The molecule has 1 aliphatic heterocycles. The van der Waals surface area contributed by atoms with Crippen LogP contribution in [0.25, 0.3) is 10.8 Å². The molecule has 1 aliphatic carbocycles. The zero-order chi connectivity index (χ0) is 21.2. The standard InChI is InChI=1S/C23H27FN4O2S/c1-29-19-7-6-18(24)12-17(19)14-27-8-10-28(11-9-27)15-22-25-26-23(30-22)21-13-16-4-2-3-5-20(16)31-21/h6-7,12-13H,2-5,8-11,14-15H2,1H3. The van der Waals surface area contributed by atoms with E-state index in [2.05, 4.69) is 26.1 Å². The molecular weight excluding hydrogens is 415 g/mol. The van der Waals surface area contributed by atoms with Gasteiger partial charge in [0, 0.05) is 43.2 Å². The highest BCUT2D eigenvalue weighted by Gasteiger charge is 2.22. The van der Waals surface area contributed by atoms with E-state index in [1.807, 2.05) is 0 Å². The third kappa shape index (κ3) is 4.66. The molecule has 2 aromatic heterocycles. The average molecular weight is 443 g/mol. The van der Waals surface area contributed by atoms with Crippen LogP contribution in [0.3, 0.4) is 0 Å². The number of aryl methyl sites for hydroxylation is 2. The second-order valence-corrected chi connectivity index (χ2v) is 9.41. The number of halogens is 1. The molecule has 6 nitrogen and oxygen atoms in total. The van der Waals surface area contributed by atoms with Crippen LogP contribution in [0.5, 0.6) is 5.75 Å². The molecule has 164 valence electrons. The molecule has 0 saturated carbocycles. The van der Waals surface area contributed by atoms with Crippen molar-refractivity contribution >= 4 is 11.3 Å². The molecule has 3 heterocycles. The summed E-state index contributed by atoms with van der Waals surface area (Å²) >= 11 is 1.80. The summed E-state index contributed by atoms with van der Waals surface area (Å²) in [6, 6.07) is 6.92. The number of thiophene rings is 1. The number of piperazine rings is 1. The number of nitrogens with zero attached hydrogens (tertiary/aromatic N) is 4. The first-order valence-corrected chi connectivity index (χ1v) is 11.7. The van der Waals surface area contributed by atoms with Gasteiger partial charge in [-0.1, -0.05) is 0 Å². The van der Waals surface area contributed by atoms with Crippen LogP contribution in [0.4, 0.5) is 4.39 Å². The molecule has 8 heteroatoms. The summed E-state index contributed by atoms with van der Waals surface area (Å²) in [6.45, 7) is 4.96. The molecule has 0 atom stereocenters. The Balaban J connectivity index is 1.16. The van der Waals surface area contributed by atoms with E-state index >= 15 is 0 Å². The Morgan fingerprint density at radius 3 is 2.58 bits per heavy atom. The summed E-state index contributed by atoms with van der Waals surface area (Å²) < 4.78 is 25.0. The smallest absolute Gasteiger partial charge is 0.257 e. The second kappa shape index (κ2) is 9.06. The van der Waals surface area contributed by atoms with Crippen molar-refractivity contribution in [3.05, 3.63) is 52.0 Å². The fourth-order valence-electron chi connectivity index (χ4n) is 4.42. The lowest BCUT2D eigenvalue weighted by Gasteiger charge is -2.34. The Hall–Kier alpha value is -2.29. The maximum absolute atomic E-state index is 13.6. The van der Waals surface area contributed by atoms with Crippen LogP contribution in [-0.4, -0.2) is 53.3 Å².